The minimum Gasteiger partial charge on any atom is -0.394 e. The maximum Gasteiger partial charge on any atom is 0.416 e. The van der Waals surface area contributed by atoms with Crippen molar-refractivity contribution in [3.8, 4) is 11.3 Å². The highest BCUT2D eigenvalue weighted by Gasteiger charge is 2.36. The van der Waals surface area contributed by atoms with E-state index in [2.05, 4.69) is 20.6 Å². The van der Waals surface area contributed by atoms with Crippen LogP contribution < -0.4 is 16.4 Å². The highest BCUT2D eigenvalue weighted by Crippen LogP contribution is 2.38. The van der Waals surface area contributed by atoms with Crippen LogP contribution in [-0.4, -0.2) is 27.3 Å². The first-order valence-electron chi connectivity index (χ1n) is 10.4. The van der Waals surface area contributed by atoms with E-state index in [4.69, 9.17) is 17.3 Å². The molecule has 1 unspecified atom stereocenters. The first kappa shape index (κ1) is 24.2. The summed E-state index contributed by atoms with van der Waals surface area (Å²) in [6, 6.07) is 11.4. The van der Waals surface area contributed by atoms with Crippen molar-refractivity contribution in [3.05, 3.63) is 94.9 Å². The number of rotatable bonds is 6. The van der Waals surface area contributed by atoms with Gasteiger partial charge in [0.25, 0.3) is 5.91 Å². The van der Waals surface area contributed by atoms with Gasteiger partial charge in [0.2, 0.25) is 5.78 Å². The number of fused-ring (bicyclic) bond motifs is 1. The van der Waals surface area contributed by atoms with E-state index >= 15 is 0 Å². The standard InChI is InChI=1S/C24H20ClF3N6O/c1-30-10-8-19(29)15-12-16(18(25)13-17(15)24(26,27)28)22(35)33-21-20(14-6-3-2-4-7-14)32-23-31-9-5-11-34(21)23/h2-13,19,30H,29H2,1H3,(H,33,35)/b10-8-. The summed E-state index contributed by atoms with van der Waals surface area (Å²) < 4.78 is 42.6. The van der Waals surface area contributed by atoms with Gasteiger partial charge in [-0.3, -0.25) is 9.20 Å². The fourth-order valence-electron chi connectivity index (χ4n) is 3.57. The molecule has 0 saturated carbocycles. The number of halogens is 4. The van der Waals surface area contributed by atoms with Gasteiger partial charge in [-0.15, -0.1) is 0 Å². The number of imidazole rings is 1. The van der Waals surface area contributed by atoms with Crippen molar-refractivity contribution in [3.63, 3.8) is 0 Å². The van der Waals surface area contributed by atoms with E-state index in [1.807, 2.05) is 30.3 Å². The first-order chi connectivity index (χ1) is 16.7. The molecule has 2 aromatic heterocycles. The van der Waals surface area contributed by atoms with Gasteiger partial charge in [-0.2, -0.15) is 13.2 Å². The van der Waals surface area contributed by atoms with Crippen molar-refractivity contribution in [2.75, 3.05) is 12.4 Å². The zero-order valence-corrected chi connectivity index (χ0v) is 19.1. The second-order valence-electron chi connectivity index (χ2n) is 7.51. The molecule has 1 amide bonds. The summed E-state index contributed by atoms with van der Waals surface area (Å²) in [6.45, 7) is 0. The van der Waals surface area contributed by atoms with Crippen LogP contribution in [0.5, 0.6) is 0 Å². The molecule has 0 spiro atoms. The predicted octanol–water partition coefficient (Wildman–Crippen LogP) is 5.05. The summed E-state index contributed by atoms with van der Waals surface area (Å²) in [5.41, 5.74) is 5.66. The molecule has 4 aromatic rings. The van der Waals surface area contributed by atoms with E-state index in [1.54, 1.807) is 29.9 Å². The van der Waals surface area contributed by atoms with Gasteiger partial charge in [-0.05, 0) is 36.0 Å². The molecule has 0 bridgehead atoms. The van der Waals surface area contributed by atoms with E-state index in [9.17, 15) is 18.0 Å². The van der Waals surface area contributed by atoms with Gasteiger partial charge in [0.05, 0.1) is 22.2 Å². The summed E-state index contributed by atoms with van der Waals surface area (Å²) >= 11 is 6.16. The third-order valence-corrected chi connectivity index (χ3v) is 5.51. The van der Waals surface area contributed by atoms with E-state index in [1.165, 1.54) is 12.3 Å². The molecule has 4 N–H and O–H groups in total. The largest absolute Gasteiger partial charge is 0.416 e. The molecule has 11 heteroatoms. The number of hydrogen-bond acceptors (Lipinski definition) is 5. The SMILES string of the molecule is CN/C=C\C(N)c1cc(C(=O)Nc2c(-c3ccccc3)nc3ncccn23)c(Cl)cc1C(F)(F)F. The van der Waals surface area contributed by atoms with Crippen LogP contribution in [0.4, 0.5) is 19.0 Å². The number of alkyl halides is 3. The van der Waals surface area contributed by atoms with Crippen LogP contribution in [-0.2, 0) is 6.18 Å². The Bertz CT molecular complexity index is 1400. The van der Waals surface area contributed by atoms with Crippen LogP contribution in [0.15, 0.2) is 73.2 Å². The topological polar surface area (TPSA) is 97.3 Å². The number of nitrogens with zero attached hydrogens (tertiary/aromatic N) is 3. The molecule has 0 saturated heterocycles. The normalized spacial score (nSPS) is 12.7. The van der Waals surface area contributed by atoms with Gasteiger partial charge < -0.3 is 16.4 Å². The highest BCUT2D eigenvalue weighted by molar-refractivity contribution is 6.34. The number of anilines is 1. The Morgan fingerprint density at radius 2 is 1.94 bits per heavy atom. The molecule has 2 heterocycles. The summed E-state index contributed by atoms with van der Waals surface area (Å²) in [6.07, 6.45) is 1.27. The molecule has 0 aliphatic rings. The Morgan fingerprint density at radius 1 is 1.20 bits per heavy atom. The molecule has 0 aliphatic carbocycles. The Kier molecular flexibility index (Phi) is 6.77. The zero-order valence-electron chi connectivity index (χ0n) is 18.3. The Hall–Kier alpha value is -3.89. The zero-order chi connectivity index (χ0) is 25.2. The third kappa shape index (κ3) is 4.98. The number of aromatic nitrogens is 3. The maximum atomic E-state index is 13.7. The number of benzene rings is 2. The lowest BCUT2D eigenvalue weighted by Crippen LogP contribution is -2.20. The van der Waals surface area contributed by atoms with Gasteiger partial charge in [0, 0.05) is 25.0 Å². The van der Waals surface area contributed by atoms with Gasteiger partial charge in [0.15, 0.2) is 0 Å². The van der Waals surface area contributed by atoms with Gasteiger partial charge >= 0.3 is 6.18 Å². The van der Waals surface area contributed by atoms with Crippen molar-refractivity contribution < 1.29 is 18.0 Å². The summed E-state index contributed by atoms with van der Waals surface area (Å²) in [4.78, 5) is 22.0. The lowest BCUT2D eigenvalue weighted by Gasteiger charge is -2.19. The fraction of sp³-hybridized carbons (Fsp3) is 0.125. The molecule has 4 rings (SSSR count). The molecule has 35 heavy (non-hydrogen) atoms. The van der Waals surface area contributed by atoms with Crippen LogP contribution in [0.25, 0.3) is 17.0 Å². The number of nitrogens with one attached hydrogen (secondary N) is 2. The number of nitrogens with two attached hydrogens (primary N) is 1. The van der Waals surface area contributed by atoms with Crippen molar-refractivity contribution in [1.82, 2.24) is 19.7 Å². The van der Waals surface area contributed by atoms with E-state index < -0.39 is 23.7 Å². The average molecular weight is 501 g/mol. The van der Waals surface area contributed by atoms with Crippen molar-refractivity contribution >= 4 is 29.1 Å². The molecule has 0 aliphatic heterocycles. The molecular weight excluding hydrogens is 481 g/mol. The molecule has 1 atom stereocenters. The number of carbonyl (C=O) groups excluding carboxylic acids is 1. The van der Waals surface area contributed by atoms with Crippen LogP contribution in [0, 0.1) is 0 Å². The smallest absolute Gasteiger partial charge is 0.394 e. The fourth-order valence-corrected chi connectivity index (χ4v) is 3.82. The van der Waals surface area contributed by atoms with Crippen molar-refractivity contribution in [2.45, 2.75) is 12.2 Å². The molecule has 0 radical (unpaired) electrons. The Labute approximate surface area is 203 Å². The lowest BCUT2D eigenvalue weighted by atomic mass is 9.97. The van der Waals surface area contributed by atoms with E-state index in [0.29, 0.717) is 28.9 Å². The van der Waals surface area contributed by atoms with Crippen LogP contribution in [0.3, 0.4) is 0 Å². The molecular formula is C24H20ClF3N6O. The first-order valence-corrected chi connectivity index (χ1v) is 10.8. The lowest BCUT2D eigenvalue weighted by molar-refractivity contribution is -0.138. The minimum atomic E-state index is -4.72. The van der Waals surface area contributed by atoms with Crippen LogP contribution in [0.1, 0.15) is 27.5 Å². The highest BCUT2D eigenvalue weighted by atomic mass is 35.5. The van der Waals surface area contributed by atoms with Gasteiger partial charge in [-0.25, -0.2) is 9.97 Å². The monoisotopic (exact) mass is 500 g/mol. The number of hydrogen-bond donors (Lipinski definition) is 3. The summed E-state index contributed by atoms with van der Waals surface area (Å²) in [5, 5.41) is 5.06. The quantitative estimate of drug-likeness (QED) is 0.344. The molecule has 180 valence electrons. The Balaban J connectivity index is 1.80. The third-order valence-electron chi connectivity index (χ3n) is 5.20. The van der Waals surface area contributed by atoms with Crippen molar-refractivity contribution in [1.29, 1.82) is 0 Å². The van der Waals surface area contributed by atoms with E-state index in [-0.39, 0.29) is 16.1 Å². The molecule has 2 aromatic carbocycles. The number of carbonyl (C=O) groups is 1. The second kappa shape index (κ2) is 9.77. The maximum absolute atomic E-state index is 13.7. The summed E-state index contributed by atoms with van der Waals surface area (Å²) in [7, 11) is 1.59. The molecule has 0 fully saturated rings. The van der Waals surface area contributed by atoms with Gasteiger partial charge in [-0.1, -0.05) is 41.9 Å². The minimum absolute atomic E-state index is 0.166. The average Bonchev–Trinajstić information content (AvgIpc) is 3.20. The summed E-state index contributed by atoms with van der Waals surface area (Å²) in [5.74, 6) is -0.0983. The predicted molar refractivity (Wildman–Crippen MR) is 128 cm³/mol. The van der Waals surface area contributed by atoms with E-state index in [0.717, 1.165) is 6.07 Å². The van der Waals surface area contributed by atoms with Crippen LogP contribution in [0.2, 0.25) is 5.02 Å². The molecule has 7 nitrogen and oxygen atoms in total. The van der Waals surface area contributed by atoms with Crippen molar-refractivity contribution in [2.24, 2.45) is 5.73 Å². The number of amides is 1. The Morgan fingerprint density at radius 3 is 2.63 bits per heavy atom. The second-order valence-corrected chi connectivity index (χ2v) is 7.92. The van der Waals surface area contributed by atoms with Crippen LogP contribution >= 0.6 is 11.6 Å². The van der Waals surface area contributed by atoms with Gasteiger partial charge in [0.1, 0.15) is 11.5 Å².